The Morgan fingerprint density at radius 2 is 2.05 bits per heavy atom. The van der Waals surface area contributed by atoms with Crippen molar-refractivity contribution in [3.63, 3.8) is 0 Å². The lowest BCUT2D eigenvalue weighted by Crippen LogP contribution is -2.18. The average Bonchev–Trinajstić information content (AvgIpc) is 2.36. The van der Waals surface area contributed by atoms with Crippen LogP contribution in [0.15, 0.2) is 18.2 Å². The Labute approximate surface area is 127 Å². The van der Waals surface area contributed by atoms with Gasteiger partial charge in [-0.1, -0.05) is 26.1 Å². The monoisotopic (exact) mass is 320 g/mol. The summed E-state index contributed by atoms with van der Waals surface area (Å²) >= 11 is 4.81. The van der Waals surface area contributed by atoms with Gasteiger partial charge in [0.2, 0.25) is 0 Å². The highest BCUT2D eigenvalue weighted by Gasteiger charge is 2.31. The molecule has 0 saturated carbocycles. The molecule has 0 aliphatic rings. The Morgan fingerprint density at radius 1 is 1.38 bits per heavy atom. The lowest BCUT2D eigenvalue weighted by molar-refractivity contribution is -0.137. The zero-order valence-corrected chi connectivity index (χ0v) is 12.8. The van der Waals surface area contributed by atoms with Crippen molar-refractivity contribution in [1.29, 1.82) is 0 Å². The number of ether oxygens (including phenoxy) is 1. The molecule has 21 heavy (non-hydrogen) atoms. The number of nitrogens with two attached hydrogens (primary N) is 1. The van der Waals surface area contributed by atoms with Crippen LogP contribution in [0, 0.1) is 5.92 Å². The fraction of sp³-hybridized carbons (Fsp3) is 0.500. The van der Waals surface area contributed by atoms with Crippen molar-refractivity contribution >= 4 is 22.9 Å². The largest absolute Gasteiger partial charge is 0.416 e. The van der Waals surface area contributed by atoms with Crippen LogP contribution >= 0.6 is 12.2 Å². The first-order chi connectivity index (χ1) is 9.71. The second-order valence-corrected chi connectivity index (χ2v) is 5.46. The lowest BCUT2D eigenvalue weighted by atomic mass is 10.1. The van der Waals surface area contributed by atoms with E-state index in [1.807, 2.05) is 13.8 Å². The van der Waals surface area contributed by atoms with Crippen LogP contribution in [0.5, 0.6) is 0 Å². The summed E-state index contributed by atoms with van der Waals surface area (Å²) in [5.41, 5.74) is 5.38. The molecule has 0 radical (unpaired) electrons. The van der Waals surface area contributed by atoms with Crippen LogP contribution < -0.4 is 11.1 Å². The highest BCUT2D eigenvalue weighted by atomic mass is 32.1. The fourth-order valence-corrected chi connectivity index (χ4v) is 1.82. The van der Waals surface area contributed by atoms with Crippen LogP contribution in [0.4, 0.5) is 18.9 Å². The predicted molar refractivity (Wildman–Crippen MR) is 81.5 cm³/mol. The summed E-state index contributed by atoms with van der Waals surface area (Å²) < 4.78 is 43.4. The predicted octanol–water partition coefficient (Wildman–Crippen LogP) is 3.42. The van der Waals surface area contributed by atoms with E-state index in [1.165, 1.54) is 6.07 Å². The standard InChI is InChI=1S/C14H19F3N2OS/c1-9(2)8-20-6-5-19-12-4-3-10(14(15,16)17)7-11(12)13(18)21/h3-4,7,9,19H,5-6,8H2,1-2H3,(H2,18,21). The number of rotatable bonds is 7. The molecule has 3 nitrogen and oxygen atoms in total. The SMILES string of the molecule is CC(C)COCCNc1ccc(C(F)(F)F)cc1C(N)=S. The summed E-state index contributed by atoms with van der Waals surface area (Å²) in [7, 11) is 0. The first-order valence-corrected chi connectivity index (χ1v) is 6.95. The number of thiocarbonyl (C=S) groups is 1. The third kappa shape index (κ3) is 5.89. The molecule has 0 aliphatic carbocycles. The summed E-state index contributed by atoms with van der Waals surface area (Å²) in [5, 5.41) is 2.99. The maximum absolute atomic E-state index is 12.7. The summed E-state index contributed by atoms with van der Waals surface area (Å²) in [6, 6.07) is 3.29. The van der Waals surface area contributed by atoms with E-state index in [-0.39, 0.29) is 10.6 Å². The van der Waals surface area contributed by atoms with Gasteiger partial charge in [0.15, 0.2) is 0 Å². The van der Waals surface area contributed by atoms with Crippen molar-refractivity contribution in [3.8, 4) is 0 Å². The number of hydrogen-bond acceptors (Lipinski definition) is 3. The summed E-state index contributed by atoms with van der Waals surface area (Å²) in [6.07, 6.45) is -4.42. The number of alkyl halides is 3. The number of halogens is 3. The van der Waals surface area contributed by atoms with Crippen molar-refractivity contribution in [2.24, 2.45) is 11.7 Å². The van der Waals surface area contributed by atoms with Gasteiger partial charge in [-0.15, -0.1) is 0 Å². The topological polar surface area (TPSA) is 47.3 Å². The third-order valence-corrected chi connectivity index (χ3v) is 2.85. The van der Waals surface area contributed by atoms with Crippen LogP contribution in [0.1, 0.15) is 25.0 Å². The molecule has 7 heteroatoms. The minimum atomic E-state index is -4.42. The van der Waals surface area contributed by atoms with Crippen LogP contribution in [-0.4, -0.2) is 24.7 Å². The highest BCUT2D eigenvalue weighted by molar-refractivity contribution is 7.80. The third-order valence-electron chi connectivity index (χ3n) is 2.63. The van der Waals surface area contributed by atoms with Gasteiger partial charge in [0.25, 0.3) is 0 Å². The van der Waals surface area contributed by atoms with Gasteiger partial charge in [0, 0.05) is 24.4 Å². The normalized spacial score (nSPS) is 11.7. The van der Waals surface area contributed by atoms with Crippen LogP contribution in [0.3, 0.4) is 0 Å². The molecule has 0 aromatic heterocycles. The highest BCUT2D eigenvalue weighted by Crippen LogP contribution is 2.31. The number of nitrogens with one attached hydrogen (secondary N) is 1. The Morgan fingerprint density at radius 3 is 2.57 bits per heavy atom. The van der Waals surface area contributed by atoms with E-state index < -0.39 is 11.7 Å². The van der Waals surface area contributed by atoms with Gasteiger partial charge in [0.05, 0.1) is 12.2 Å². The number of anilines is 1. The Hall–Kier alpha value is -1.34. The summed E-state index contributed by atoms with van der Waals surface area (Å²) in [4.78, 5) is -0.0771. The fourth-order valence-electron chi connectivity index (χ4n) is 1.66. The van der Waals surface area contributed by atoms with Crippen molar-refractivity contribution in [3.05, 3.63) is 29.3 Å². The van der Waals surface area contributed by atoms with Gasteiger partial charge in [-0.2, -0.15) is 13.2 Å². The van der Waals surface area contributed by atoms with Crippen LogP contribution in [0.25, 0.3) is 0 Å². The van der Waals surface area contributed by atoms with E-state index in [1.54, 1.807) is 0 Å². The molecular weight excluding hydrogens is 301 g/mol. The molecule has 0 fully saturated rings. The van der Waals surface area contributed by atoms with E-state index in [2.05, 4.69) is 5.32 Å². The van der Waals surface area contributed by atoms with E-state index in [4.69, 9.17) is 22.7 Å². The van der Waals surface area contributed by atoms with Crippen molar-refractivity contribution in [2.45, 2.75) is 20.0 Å². The minimum absolute atomic E-state index is 0.0771. The Bertz CT molecular complexity index is 490. The second kappa shape index (κ2) is 7.61. The minimum Gasteiger partial charge on any atom is -0.389 e. The molecule has 0 atom stereocenters. The molecule has 0 unspecified atom stereocenters. The molecule has 0 bridgehead atoms. The first kappa shape index (κ1) is 17.7. The van der Waals surface area contributed by atoms with Crippen molar-refractivity contribution in [1.82, 2.24) is 0 Å². The quantitative estimate of drug-likeness (QED) is 0.597. The van der Waals surface area contributed by atoms with Crippen molar-refractivity contribution < 1.29 is 17.9 Å². The maximum atomic E-state index is 12.7. The van der Waals surface area contributed by atoms with Gasteiger partial charge < -0.3 is 15.8 Å². The van der Waals surface area contributed by atoms with Gasteiger partial charge in [-0.3, -0.25) is 0 Å². The van der Waals surface area contributed by atoms with Gasteiger partial charge in [-0.25, -0.2) is 0 Å². The van der Waals surface area contributed by atoms with E-state index in [0.29, 0.717) is 31.4 Å². The molecule has 0 spiro atoms. The molecule has 0 aliphatic heterocycles. The number of hydrogen-bond donors (Lipinski definition) is 2. The molecule has 0 heterocycles. The molecule has 1 aromatic carbocycles. The molecule has 0 saturated heterocycles. The Kier molecular flexibility index (Phi) is 6.42. The van der Waals surface area contributed by atoms with Crippen LogP contribution in [0.2, 0.25) is 0 Å². The molecular formula is C14H19F3N2OS. The number of benzene rings is 1. The second-order valence-electron chi connectivity index (χ2n) is 5.02. The Balaban J connectivity index is 2.72. The summed E-state index contributed by atoms with van der Waals surface area (Å²) in [6.45, 7) is 5.63. The smallest absolute Gasteiger partial charge is 0.389 e. The molecule has 1 rings (SSSR count). The molecule has 0 amide bonds. The maximum Gasteiger partial charge on any atom is 0.416 e. The molecule has 118 valence electrons. The van der Waals surface area contributed by atoms with Crippen molar-refractivity contribution in [2.75, 3.05) is 25.1 Å². The van der Waals surface area contributed by atoms with Gasteiger partial charge in [0.1, 0.15) is 4.99 Å². The average molecular weight is 320 g/mol. The van der Waals surface area contributed by atoms with E-state index in [9.17, 15) is 13.2 Å². The summed E-state index contributed by atoms with van der Waals surface area (Å²) in [5.74, 6) is 0.434. The molecule has 3 N–H and O–H groups in total. The van der Waals surface area contributed by atoms with E-state index >= 15 is 0 Å². The van der Waals surface area contributed by atoms with Crippen LogP contribution in [-0.2, 0) is 10.9 Å². The van der Waals surface area contributed by atoms with Gasteiger partial charge >= 0.3 is 6.18 Å². The molecule has 1 aromatic rings. The lowest BCUT2D eigenvalue weighted by Gasteiger charge is -2.15. The zero-order chi connectivity index (χ0) is 16.0. The first-order valence-electron chi connectivity index (χ1n) is 6.54. The van der Waals surface area contributed by atoms with Gasteiger partial charge in [-0.05, 0) is 24.1 Å². The zero-order valence-electron chi connectivity index (χ0n) is 12.0. The van der Waals surface area contributed by atoms with E-state index in [0.717, 1.165) is 12.1 Å².